The Hall–Kier alpha value is -1.58. The monoisotopic (exact) mass is 312 g/mol. The van der Waals surface area contributed by atoms with Crippen LogP contribution in [0, 0.1) is 5.82 Å². The maximum atomic E-state index is 14.1. The average Bonchev–Trinajstić information content (AvgIpc) is 2.42. The molecule has 0 bridgehead atoms. The lowest BCUT2D eigenvalue weighted by molar-refractivity contribution is 0.0526. The molecule has 2 aromatic rings. The van der Waals surface area contributed by atoms with Gasteiger partial charge in [0.05, 0.1) is 22.2 Å². The minimum Gasteiger partial charge on any atom is -0.462 e. The number of benzene rings is 2. The molecule has 0 saturated heterocycles. The van der Waals surface area contributed by atoms with E-state index in [-0.39, 0.29) is 12.2 Å². The molecule has 0 saturated carbocycles. The van der Waals surface area contributed by atoms with E-state index >= 15 is 0 Å². The number of hydrogen-bond acceptors (Lipinski definition) is 2. The highest BCUT2D eigenvalue weighted by molar-refractivity contribution is 6.42. The first-order chi connectivity index (χ1) is 9.52. The lowest BCUT2D eigenvalue weighted by atomic mass is 10.0. The molecule has 0 spiro atoms. The van der Waals surface area contributed by atoms with Gasteiger partial charge in [0, 0.05) is 5.56 Å². The molecule has 0 atom stereocenters. The zero-order valence-electron chi connectivity index (χ0n) is 10.6. The number of rotatable bonds is 3. The summed E-state index contributed by atoms with van der Waals surface area (Å²) < 4.78 is 18.9. The number of ether oxygens (including phenoxy) is 1. The molecule has 0 aliphatic heterocycles. The van der Waals surface area contributed by atoms with Crippen molar-refractivity contribution in [2.75, 3.05) is 6.61 Å². The van der Waals surface area contributed by atoms with E-state index in [1.165, 1.54) is 12.1 Å². The van der Waals surface area contributed by atoms with E-state index < -0.39 is 11.8 Å². The minimum absolute atomic E-state index is 0.174. The Balaban J connectivity index is 2.38. The molecule has 0 aliphatic rings. The zero-order valence-corrected chi connectivity index (χ0v) is 12.1. The number of esters is 1. The summed E-state index contributed by atoms with van der Waals surface area (Å²) in [5.74, 6) is -1.07. The van der Waals surface area contributed by atoms with Gasteiger partial charge in [0.15, 0.2) is 0 Å². The van der Waals surface area contributed by atoms with Gasteiger partial charge >= 0.3 is 5.97 Å². The topological polar surface area (TPSA) is 26.3 Å². The summed E-state index contributed by atoms with van der Waals surface area (Å²) in [4.78, 5) is 11.5. The van der Waals surface area contributed by atoms with Gasteiger partial charge in [-0.2, -0.15) is 0 Å². The maximum absolute atomic E-state index is 14.1. The second-order valence-corrected chi connectivity index (χ2v) is 4.86. The molecular formula is C15H11Cl2FO2. The summed E-state index contributed by atoms with van der Waals surface area (Å²) >= 11 is 11.7. The number of halogens is 3. The highest BCUT2D eigenvalue weighted by Gasteiger charge is 2.12. The second-order valence-electron chi connectivity index (χ2n) is 4.04. The van der Waals surface area contributed by atoms with Gasteiger partial charge in [-0.25, -0.2) is 9.18 Å². The fourth-order valence-electron chi connectivity index (χ4n) is 1.75. The van der Waals surface area contributed by atoms with Gasteiger partial charge in [-0.3, -0.25) is 0 Å². The molecule has 0 heterocycles. The van der Waals surface area contributed by atoms with E-state index in [0.717, 1.165) is 6.07 Å². The molecule has 0 fully saturated rings. The van der Waals surface area contributed by atoms with Crippen molar-refractivity contribution in [3.8, 4) is 11.1 Å². The lowest BCUT2D eigenvalue weighted by Crippen LogP contribution is -2.05. The molecule has 0 unspecified atom stereocenters. The molecule has 0 aromatic heterocycles. The van der Waals surface area contributed by atoms with E-state index in [4.69, 9.17) is 27.9 Å². The first kappa shape index (κ1) is 14.8. The van der Waals surface area contributed by atoms with Crippen LogP contribution in [0.2, 0.25) is 10.0 Å². The summed E-state index contributed by atoms with van der Waals surface area (Å²) in [6.07, 6.45) is 0. The van der Waals surface area contributed by atoms with Crippen LogP contribution in [0.4, 0.5) is 4.39 Å². The summed E-state index contributed by atoms with van der Waals surface area (Å²) in [6.45, 7) is 1.94. The van der Waals surface area contributed by atoms with Crippen molar-refractivity contribution in [3.63, 3.8) is 0 Å². The number of hydrogen-bond donors (Lipinski definition) is 0. The molecule has 0 amide bonds. The van der Waals surface area contributed by atoms with Crippen LogP contribution in [-0.2, 0) is 4.74 Å². The van der Waals surface area contributed by atoms with Crippen molar-refractivity contribution < 1.29 is 13.9 Å². The van der Waals surface area contributed by atoms with Gasteiger partial charge in [-0.15, -0.1) is 0 Å². The van der Waals surface area contributed by atoms with Gasteiger partial charge in [0.2, 0.25) is 0 Å². The van der Waals surface area contributed by atoms with Crippen LogP contribution in [0.3, 0.4) is 0 Å². The van der Waals surface area contributed by atoms with Gasteiger partial charge in [-0.1, -0.05) is 35.3 Å². The minimum atomic E-state index is -0.549. The fraction of sp³-hybridized carbons (Fsp3) is 0.133. The van der Waals surface area contributed by atoms with Crippen molar-refractivity contribution >= 4 is 29.2 Å². The van der Waals surface area contributed by atoms with E-state index in [0.29, 0.717) is 21.2 Å². The summed E-state index contributed by atoms with van der Waals surface area (Å²) in [7, 11) is 0. The first-order valence-electron chi connectivity index (χ1n) is 5.95. The van der Waals surface area contributed by atoms with E-state index in [1.807, 2.05) is 0 Å². The van der Waals surface area contributed by atoms with Crippen LogP contribution in [0.1, 0.15) is 17.3 Å². The summed E-state index contributed by atoms with van der Waals surface area (Å²) in [6, 6.07) is 9.01. The third-order valence-electron chi connectivity index (χ3n) is 2.71. The highest BCUT2D eigenvalue weighted by Crippen LogP contribution is 2.30. The molecule has 2 rings (SSSR count). The van der Waals surface area contributed by atoms with Crippen molar-refractivity contribution in [2.24, 2.45) is 0 Å². The molecule has 5 heteroatoms. The van der Waals surface area contributed by atoms with Gasteiger partial charge in [0.25, 0.3) is 0 Å². The Morgan fingerprint density at radius 2 is 1.90 bits per heavy atom. The van der Waals surface area contributed by atoms with Crippen LogP contribution in [0.5, 0.6) is 0 Å². The standard InChI is InChI=1S/C15H11Cl2FO2/c1-2-20-15(19)10-3-5-11(14(18)8-10)9-4-6-12(16)13(17)7-9/h3-8H,2H2,1H3. The zero-order chi connectivity index (χ0) is 14.7. The molecule has 104 valence electrons. The molecule has 0 radical (unpaired) electrons. The Kier molecular flexibility index (Phi) is 4.63. The van der Waals surface area contributed by atoms with E-state index in [9.17, 15) is 9.18 Å². The van der Waals surface area contributed by atoms with Crippen molar-refractivity contribution in [2.45, 2.75) is 6.92 Å². The third kappa shape index (κ3) is 3.11. The lowest BCUT2D eigenvalue weighted by Gasteiger charge is -2.07. The largest absolute Gasteiger partial charge is 0.462 e. The highest BCUT2D eigenvalue weighted by atomic mass is 35.5. The van der Waals surface area contributed by atoms with E-state index in [1.54, 1.807) is 25.1 Å². The Bertz CT molecular complexity index is 656. The van der Waals surface area contributed by atoms with Crippen molar-refractivity contribution in [3.05, 3.63) is 57.8 Å². The van der Waals surface area contributed by atoms with Crippen molar-refractivity contribution in [1.29, 1.82) is 0 Å². The average molecular weight is 313 g/mol. The molecular weight excluding hydrogens is 302 g/mol. The van der Waals surface area contributed by atoms with Gasteiger partial charge in [0.1, 0.15) is 5.82 Å². The van der Waals surface area contributed by atoms with Gasteiger partial charge < -0.3 is 4.74 Å². The molecule has 2 nitrogen and oxygen atoms in total. The first-order valence-corrected chi connectivity index (χ1v) is 6.70. The van der Waals surface area contributed by atoms with E-state index in [2.05, 4.69) is 0 Å². The summed E-state index contributed by atoms with van der Waals surface area (Å²) in [5.41, 5.74) is 1.11. The predicted octanol–water partition coefficient (Wildman–Crippen LogP) is 4.98. The molecule has 2 aromatic carbocycles. The smallest absolute Gasteiger partial charge is 0.338 e. The second kappa shape index (κ2) is 6.25. The van der Waals surface area contributed by atoms with Crippen LogP contribution in [-0.4, -0.2) is 12.6 Å². The quantitative estimate of drug-likeness (QED) is 0.747. The normalized spacial score (nSPS) is 10.4. The predicted molar refractivity (Wildman–Crippen MR) is 77.8 cm³/mol. The van der Waals surface area contributed by atoms with Crippen LogP contribution >= 0.6 is 23.2 Å². The molecule has 0 aliphatic carbocycles. The van der Waals surface area contributed by atoms with Crippen LogP contribution in [0.15, 0.2) is 36.4 Å². The summed E-state index contributed by atoms with van der Waals surface area (Å²) in [5, 5.41) is 0.747. The van der Waals surface area contributed by atoms with Crippen LogP contribution < -0.4 is 0 Å². The Morgan fingerprint density at radius 1 is 1.15 bits per heavy atom. The van der Waals surface area contributed by atoms with Crippen LogP contribution in [0.25, 0.3) is 11.1 Å². The maximum Gasteiger partial charge on any atom is 0.338 e. The number of carbonyl (C=O) groups is 1. The molecule has 20 heavy (non-hydrogen) atoms. The fourth-order valence-corrected chi connectivity index (χ4v) is 2.05. The van der Waals surface area contributed by atoms with Gasteiger partial charge in [-0.05, 0) is 36.8 Å². The van der Waals surface area contributed by atoms with Crippen molar-refractivity contribution in [1.82, 2.24) is 0 Å². The Labute approximate surface area is 126 Å². The Morgan fingerprint density at radius 3 is 2.50 bits per heavy atom. The third-order valence-corrected chi connectivity index (χ3v) is 3.45. The number of carbonyl (C=O) groups excluding carboxylic acids is 1. The molecule has 0 N–H and O–H groups in total. The SMILES string of the molecule is CCOC(=O)c1ccc(-c2ccc(Cl)c(Cl)c2)c(F)c1.